The monoisotopic (exact) mass is 369 g/mol. The Morgan fingerprint density at radius 3 is 2.93 bits per heavy atom. The maximum atomic E-state index is 6.29. The summed E-state index contributed by atoms with van der Waals surface area (Å²) in [6, 6.07) is 8.09. The van der Waals surface area contributed by atoms with Gasteiger partial charge in [-0.05, 0) is 43.2 Å². The van der Waals surface area contributed by atoms with E-state index < -0.39 is 0 Å². The van der Waals surface area contributed by atoms with Gasteiger partial charge in [0.15, 0.2) is 0 Å². The van der Waals surface area contributed by atoms with Gasteiger partial charge in [-0.1, -0.05) is 0 Å². The SMILES string of the molecule is Cc1ccc(NC[C@@H]2CO[C@]3(COCCN(Cc4ccncc4)C3)C2)nn1. The van der Waals surface area contributed by atoms with Gasteiger partial charge in [0.2, 0.25) is 0 Å². The van der Waals surface area contributed by atoms with E-state index in [4.69, 9.17) is 9.47 Å². The van der Waals surface area contributed by atoms with Gasteiger partial charge in [-0.15, -0.1) is 5.10 Å². The largest absolute Gasteiger partial charge is 0.377 e. The van der Waals surface area contributed by atoms with Crippen molar-refractivity contribution in [2.45, 2.75) is 25.5 Å². The molecular weight excluding hydrogens is 342 g/mol. The average molecular weight is 369 g/mol. The minimum atomic E-state index is -0.213. The van der Waals surface area contributed by atoms with Crippen LogP contribution in [0.4, 0.5) is 5.82 Å². The second kappa shape index (κ2) is 8.29. The van der Waals surface area contributed by atoms with Crippen LogP contribution >= 0.6 is 0 Å². The van der Waals surface area contributed by atoms with E-state index in [0.717, 1.165) is 57.3 Å². The van der Waals surface area contributed by atoms with Crippen LogP contribution in [-0.2, 0) is 16.0 Å². The van der Waals surface area contributed by atoms with Gasteiger partial charge >= 0.3 is 0 Å². The molecule has 0 saturated carbocycles. The maximum Gasteiger partial charge on any atom is 0.148 e. The third-order valence-corrected chi connectivity index (χ3v) is 5.24. The predicted molar refractivity (Wildman–Crippen MR) is 102 cm³/mol. The highest BCUT2D eigenvalue weighted by Crippen LogP contribution is 2.33. The smallest absolute Gasteiger partial charge is 0.148 e. The van der Waals surface area contributed by atoms with Crippen molar-refractivity contribution in [3.63, 3.8) is 0 Å². The van der Waals surface area contributed by atoms with Crippen LogP contribution in [0.3, 0.4) is 0 Å². The summed E-state index contributed by atoms with van der Waals surface area (Å²) in [5.74, 6) is 1.26. The van der Waals surface area contributed by atoms with E-state index in [9.17, 15) is 0 Å². The van der Waals surface area contributed by atoms with Crippen LogP contribution in [0, 0.1) is 12.8 Å². The normalized spacial score (nSPS) is 26.2. The molecule has 0 radical (unpaired) electrons. The molecule has 2 aromatic rings. The first-order valence-electron chi connectivity index (χ1n) is 9.58. The number of nitrogens with one attached hydrogen (secondary N) is 1. The van der Waals surface area contributed by atoms with Gasteiger partial charge < -0.3 is 14.8 Å². The van der Waals surface area contributed by atoms with E-state index in [2.05, 4.69) is 37.5 Å². The Morgan fingerprint density at radius 1 is 1.22 bits per heavy atom. The van der Waals surface area contributed by atoms with Crippen LogP contribution in [0.2, 0.25) is 0 Å². The second-order valence-electron chi connectivity index (χ2n) is 7.62. The molecule has 4 heterocycles. The third kappa shape index (κ3) is 4.80. The third-order valence-electron chi connectivity index (χ3n) is 5.24. The minimum Gasteiger partial charge on any atom is -0.377 e. The summed E-state index contributed by atoms with van der Waals surface area (Å²) in [5.41, 5.74) is 1.99. The molecule has 2 atom stereocenters. The zero-order valence-electron chi connectivity index (χ0n) is 15.8. The van der Waals surface area contributed by atoms with Crippen LogP contribution in [0.1, 0.15) is 17.7 Å². The van der Waals surface area contributed by atoms with Crippen molar-refractivity contribution >= 4 is 5.82 Å². The number of aryl methyl sites for hydroxylation is 1. The lowest BCUT2D eigenvalue weighted by Gasteiger charge is -2.31. The number of rotatable bonds is 5. The Kier molecular flexibility index (Phi) is 5.61. The zero-order valence-corrected chi connectivity index (χ0v) is 15.8. The molecule has 7 nitrogen and oxygen atoms in total. The van der Waals surface area contributed by atoms with Crippen molar-refractivity contribution in [2.24, 2.45) is 5.92 Å². The highest BCUT2D eigenvalue weighted by Gasteiger charge is 2.43. The molecule has 2 aliphatic heterocycles. The molecular formula is C20H27N5O2. The van der Waals surface area contributed by atoms with Crippen molar-refractivity contribution in [3.8, 4) is 0 Å². The molecule has 2 aliphatic rings. The van der Waals surface area contributed by atoms with E-state index >= 15 is 0 Å². The van der Waals surface area contributed by atoms with Gasteiger partial charge in [0.25, 0.3) is 0 Å². The average Bonchev–Trinajstić information content (AvgIpc) is 2.97. The maximum absolute atomic E-state index is 6.29. The van der Waals surface area contributed by atoms with Crippen molar-refractivity contribution < 1.29 is 9.47 Å². The van der Waals surface area contributed by atoms with Gasteiger partial charge in [-0.3, -0.25) is 9.88 Å². The summed E-state index contributed by atoms with van der Waals surface area (Å²) in [5, 5.41) is 11.7. The molecule has 2 saturated heterocycles. The van der Waals surface area contributed by atoms with Crippen LogP contribution in [0.5, 0.6) is 0 Å². The van der Waals surface area contributed by atoms with Gasteiger partial charge in [0.1, 0.15) is 11.4 Å². The van der Waals surface area contributed by atoms with Gasteiger partial charge in [0.05, 0.1) is 25.5 Å². The minimum absolute atomic E-state index is 0.213. The number of pyridine rings is 1. The highest BCUT2D eigenvalue weighted by atomic mass is 16.5. The molecule has 0 aromatic carbocycles. The number of aromatic nitrogens is 3. The molecule has 144 valence electrons. The first-order valence-corrected chi connectivity index (χ1v) is 9.58. The summed E-state index contributed by atoms with van der Waals surface area (Å²) in [6.07, 6.45) is 4.69. The highest BCUT2D eigenvalue weighted by molar-refractivity contribution is 5.32. The molecule has 0 unspecified atom stereocenters. The van der Waals surface area contributed by atoms with Gasteiger partial charge in [-0.25, -0.2) is 0 Å². The summed E-state index contributed by atoms with van der Waals surface area (Å²) in [7, 11) is 0. The second-order valence-corrected chi connectivity index (χ2v) is 7.62. The standard InChI is InChI=1S/C20H27N5O2/c1-16-2-3-19(24-23-16)22-11-18-10-20(27-13-18)14-25(8-9-26-15-20)12-17-4-6-21-7-5-17/h2-7,18H,8-15H2,1H3,(H,22,24)/t18-,20-/m1/s1. The van der Waals surface area contributed by atoms with Crippen LogP contribution in [0.25, 0.3) is 0 Å². The first-order chi connectivity index (χ1) is 13.2. The molecule has 0 amide bonds. The Morgan fingerprint density at radius 2 is 2.11 bits per heavy atom. The summed E-state index contributed by atoms with van der Waals surface area (Å²) < 4.78 is 12.2. The molecule has 27 heavy (non-hydrogen) atoms. The molecule has 0 bridgehead atoms. The fourth-order valence-electron chi connectivity index (χ4n) is 3.89. The number of hydrogen-bond donors (Lipinski definition) is 1. The summed E-state index contributed by atoms with van der Waals surface area (Å²) in [6.45, 7) is 7.67. The molecule has 4 rings (SSSR count). The van der Waals surface area contributed by atoms with Gasteiger partial charge in [0, 0.05) is 44.5 Å². The molecule has 0 aliphatic carbocycles. The zero-order chi connectivity index (χ0) is 18.5. The lowest BCUT2D eigenvalue weighted by atomic mass is 9.94. The summed E-state index contributed by atoms with van der Waals surface area (Å²) >= 11 is 0. The topological polar surface area (TPSA) is 72.4 Å². The molecule has 2 fully saturated rings. The first kappa shape index (κ1) is 18.3. The van der Waals surface area contributed by atoms with E-state index in [0.29, 0.717) is 12.5 Å². The van der Waals surface area contributed by atoms with Crippen LogP contribution < -0.4 is 5.32 Å². The molecule has 7 heteroatoms. The van der Waals surface area contributed by atoms with E-state index in [1.807, 2.05) is 31.5 Å². The Hall–Kier alpha value is -2.09. The molecule has 1 N–H and O–H groups in total. The van der Waals surface area contributed by atoms with Crippen molar-refractivity contribution in [1.29, 1.82) is 0 Å². The summed E-state index contributed by atoms with van der Waals surface area (Å²) in [4.78, 5) is 6.54. The van der Waals surface area contributed by atoms with Crippen molar-refractivity contribution in [3.05, 3.63) is 47.9 Å². The van der Waals surface area contributed by atoms with Crippen LogP contribution in [0.15, 0.2) is 36.7 Å². The Bertz CT molecular complexity index is 727. The van der Waals surface area contributed by atoms with E-state index in [1.54, 1.807) is 0 Å². The Labute approximate surface area is 160 Å². The van der Waals surface area contributed by atoms with Crippen LogP contribution in [-0.4, -0.2) is 65.1 Å². The van der Waals surface area contributed by atoms with E-state index in [-0.39, 0.29) is 5.60 Å². The number of hydrogen-bond acceptors (Lipinski definition) is 7. The van der Waals surface area contributed by atoms with Crippen molar-refractivity contribution in [1.82, 2.24) is 20.1 Å². The predicted octanol–water partition coefficient (Wildman–Crippen LogP) is 1.90. The Balaban J connectivity index is 1.34. The fourth-order valence-corrected chi connectivity index (χ4v) is 3.89. The molecule has 2 aromatic heterocycles. The lowest BCUT2D eigenvalue weighted by Crippen LogP contribution is -2.43. The fraction of sp³-hybridized carbons (Fsp3) is 0.550. The van der Waals surface area contributed by atoms with Crippen molar-refractivity contribution in [2.75, 3.05) is 44.8 Å². The number of nitrogens with zero attached hydrogens (tertiary/aromatic N) is 4. The number of ether oxygens (including phenoxy) is 2. The quantitative estimate of drug-likeness (QED) is 0.863. The van der Waals surface area contributed by atoms with Gasteiger partial charge in [-0.2, -0.15) is 5.10 Å². The lowest BCUT2D eigenvalue weighted by molar-refractivity contribution is -0.0562. The molecule has 1 spiro atoms. The number of anilines is 1. The van der Waals surface area contributed by atoms with E-state index in [1.165, 1.54) is 5.56 Å².